The fraction of sp³-hybridized carbons (Fsp3) is 0.312. The van der Waals surface area contributed by atoms with Crippen LogP contribution in [0.3, 0.4) is 0 Å². The summed E-state index contributed by atoms with van der Waals surface area (Å²) in [5.41, 5.74) is 2.70. The standard InChI is InChI=1S/C16H16N4OS/c1-11-18-14(9-22-11)16(21)19-7-6-12(8-19)20-10-17-13-4-2-3-5-15(13)20/h2-5,9-10,12H,6-8H2,1H3. The van der Waals surface area contributed by atoms with Gasteiger partial charge in [-0.25, -0.2) is 9.97 Å². The molecule has 1 fully saturated rings. The monoisotopic (exact) mass is 312 g/mol. The minimum atomic E-state index is 0.0382. The zero-order valence-corrected chi connectivity index (χ0v) is 13.1. The first-order chi connectivity index (χ1) is 10.7. The molecule has 1 aliphatic heterocycles. The number of rotatable bonds is 2. The first kappa shape index (κ1) is 13.5. The maximum Gasteiger partial charge on any atom is 0.273 e. The molecule has 1 atom stereocenters. The van der Waals surface area contributed by atoms with Gasteiger partial charge in [0, 0.05) is 18.5 Å². The Morgan fingerprint density at radius 2 is 2.23 bits per heavy atom. The van der Waals surface area contributed by atoms with Crippen LogP contribution in [0.15, 0.2) is 36.0 Å². The zero-order chi connectivity index (χ0) is 15.1. The van der Waals surface area contributed by atoms with Gasteiger partial charge in [0.25, 0.3) is 5.91 Å². The minimum absolute atomic E-state index is 0.0382. The van der Waals surface area contributed by atoms with Crippen LogP contribution in [-0.2, 0) is 0 Å². The van der Waals surface area contributed by atoms with Crippen molar-refractivity contribution in [2.75, 3.05) is 13.1 Å². The van der Waals surface area contributed by atoms with E-state index in [1.165, 1.54) is 11.3 Å². The largest absolute Gasteiger partial charge is 0.335 e. The number of para-hydroxylation sites is 2. The van der Waals surface area contributed by atoms with E-state index in [9.17, 15) is 4.79 Å². The van der Waals surface area contributed by atoms with Crippen LogP contribution >= 0.6 is 11.3 Å². The van der Waals surface area contributed by atoms with Gasteiger partial charge in [-0.05, 0) is 25.5 Å². The number of aromatic nitrogens is 3. The Balaban J connectivity index is 1.56. The average Bonchev–Trinajstić information content (AvgIpc) is 3.24. The highest BCUT2D eigenvalue weighted by molar-refractivity contribution is 7.09. The highest BCUT2D eigenvalue weighted by Gasteiger charge is 2.29. The maximum atomic E-state index is 12.5. The lowest BCUT2D eigenvalue weighted by Crippen LogP contribution is -2.29. The van der Waals surface area contributed by atoms with E-state index in [-0.39, 0.29) is 11.9 Å². The number of benzene rings is 1. The van der Waals surface area contributed by atoms with Crippen molar-refractivity contribution in [2.45, 2.75) is 19.4 Å². The number of hydrogen-bond donors (Lipinski definition) is 0. The fourth-order valence-corrected chi connectivity index (χ4v) is 3.63. The lowest BCUT2D eigenvalue weighted by Gasteiger charge is -2.16. The van der Waals surface area contributed by atoms with E-state index in [1.54, 1.807) is 0 Å². The van der Waals surface area contributed by atoms with Gasteiger partial charge in [0.05, 0.1) is 28.4 Å². The molecule has 0 radical (unpaired) electrons. The van der Waals surface area contributed by atoms with Gasteiger partial charge >= 0.3 is 0 Å². The van der Waals surface area contributed by atoms with Crippen LogP contribution in [0.4, 0.5) is 0 Å². The van der Waals surface area contributed by atoms with Crippen molar-refractivity contribution in [2.24, 2.45) is 0 Å². The Labute approximate surface area is 132 Å². The van der Waals surface area contributed by atoms with Crippen LogP contribution in [-0.4, -0.2) is 38.4 Å². The number of aryl methyl sites for hydroxylation is 1. The number of carbonyl (C=O) groups excluding carboxylic acids is 1. The van der Waals surface area contributed by atoms with Crippen molar-refractivity contribution < 1.29 is 4.79 Å². The summed E-state index contributed by atoms with van der Waals surface area (Å²) in [6.45, 7) is 3.41. The van der Waals surface area contributed by atoms with Gasteiger partial charge in [-0.1, -0.05) is 12.1 Å². The first-order valence-corrected chi connectivity index (χ1v) is 8.23. The molecule has 1 aliphatic rings. The lowest BCUT2D eigenvalue weighted by molar-refractivity contribution is 0.0782. The van der Waals surface area contributed by atoms with Crippen LogP contribution in [0.25, 0.3) is 11.0 Å². The number of imidazole rings is 1. The van der Waals surface area contributed by atoms with E-state index in [0.29, 0.717) is 5.69 Å². The van der Waals surface area contributed by atoms with Crippen molar-refractivity contribution in [1.82, 2.24) is 19.4 Å². The molecule has 1 amide bonds. The molecule has 3 aromatic rings. The Morgan fingerprint density at radius 1 is 1.36 bits per heavy atom. The van der Waals surface area contributed by atoms with Crippen molar-refractivity contribution in [1.29, 1.82) is 0 Å². The summed E-state index contributed by atoms with van der Waals surface area (Å²) in [7, 11) is 0. The second kappa shape index (κ2) is 5.21. The van der Waals surface area contributed by atoms with E-state index in [0.717, 1.165) is 35.6 Å². The number of likely N-dealkylation sites (tertiary alicyclic amines) is 1. The zero-order valence-electron chi connectivity index (χ0n) is 12.3. The third kappa shape index (κ3) is 2.20. The van der Waals surface area contributed by atoms with Crippen LogP contribution < -0.4 is 0 Å². The van der Waals surface area contributed by atoms with Crippen molar-refractivity contribution in [3.8, 4) is 0 Å². The Bertz CT molecular complexity index is 837. The van der Waals surface area contributed by atoms with Crippen LogP contribution in [0.1, 0.15) is 28.0 Å². The van der Waals surface area contributed by atoms with E-state index >= 15 is 0 Å². The third-order valence-electron chi connectivity index (χ3n) is 4.16. The van der Waals surface area contributed by atoms with E-state index in [4.69, 9.17) is 0 Å². The van der Waals surface area contributed by atoms with Gasteiger partial charge in [-0.15, -0.1) is 11.3 Å². The number of fused-ring (bicyclic) bond motifs is 1. The second-order valence-electron chi connectivity index (χ2n) is 5.59. The normalized spacial score (nSPS) is 18.2. The van der Waals surface area contributed by atoms with E-state index in [1.807, 2.05) is 41.7 Å². The number of thiazole rings is 1. The van der Waals surface area contributed by atoms with Crippen LogP contribution in [0.2, 0.25) is 0 Å². The molecule has 4 rings (SSSR count). The molecule has 22 heavy (non-hydrogen) atoms. The summed E-state index contributed by atoms with van der Waals surface area (Å²) in [4.78, 5) is 23.1. The Hall–Kier alpha value is -2.21. The second-order valence-corrected chi connectivity index (χ2v) is 6.65. The lowest BCUT2D eigenvalue weighted by atomic mass is 10.2. The van der Waals surface area contributed by atoms with Crippen LogP contribution in [0, 0.1) is 6.92 Å². The minimum Gasteiger partial charge on any atom is -0.335 e. The van der Waals surface area contributed by atoms with Gasteiger partial charge in [0.15, 0.2) is 0 Å². The summed E-state index contributed by atoms with van der Waals surface area (Å²) in [5, 5.41) is 2.78. The summed E-state index contributed by atoms with van der Waals surface area (Å²) < 4.78 is 2.19. The van der Waals surface area contributed by atoms with Crippen molar-refractivity contribution in [3.63, 3.8) is 0 Å². The van der Waals surface area contributed by atoms with Crippen molar-refractivity contribution >= 4 is 28.3 Å². The van der Waals surface area contributed by atoms with Crippen LogP contribution in [0.5, 0.6) is 0 Å². The molecule has 5 nitrogen and oxygen atoms in total. The smallest absolute Gasteiger partial charge is 0.273 e. The summed E-state index contributed by atoms with van der Waals surface area (Å²) in [6.07, 6.45) is 2.84. The first-order valence-electron chi connectivity index (χ1n) is 7.35. The fourth-order valence-electron chi connectivity index (χ4n) is 3.05. The SMILES string of the molecule is Cc1nc(C(=O)N2CCC(n3cnc4ccccc43)C2)cs1. The topological polar surface area (TPSA) is 51.0 Å². The van der Waals surface area contributed by atoms with E-state index < -0.39 is 0 Å². The highest BCUT2D eigenvalue weighted by atomic mass is 32.1. The molecule has 0 spiro atoms. The third-order valence-corrected chi connectivity index (χ3v) is 4.94. The highest BCUT2D eigenvalue weighted by Crippen LogP contribution is 2.27. The maximum absolute atomic E-state index is 12.5. The van der Waals surface area contributed by atoms with Gasteiger partial charge in [0.1, 0.15) is 5.69 Å². The molecule has 112 valence electrons. The summed E-state index contributed by atoms with van der Waals surface area (Å²) in [5.74, 6) is 0.0382. The molecule has 1 aromatic carbocycles. The predicted molar refractivity (Wildman–Crippen MR) is 86.1 cm³/mol. The number of hydrogen-bond acceptors (Lipinski definition) is 4. The van der Waals surface area contributed by atoms with Gasteiger partial charge < -0.3 is 9.47 Å². The number of carbonyl (C=O) groups is 1. The molecule has 3 heterocycles. The molecular formula is C16H16N4OS. The molecule has 1 saturated heterocycles. The van der Waals surface area contributed by atoms with E-state index in [2.05, 4.69) is 20.6 Å². The summed E-state index contributed by atoms with van der Waals surface area (Å²) in [6, 6.07) is 8.40. The Kier molecular flexibility index (Phi) is 3.18. The molecule has 0 saturated carbocycles. The molecule has 0 N–H and O–H groups in total. The number of amides is 1. The molecular weight excluding hydrogens is 296 g/mol. The average molecular weight is 312 g/mol. The molecule has 0 aliphatic carbocycles. The van der Waals surface area contributed by atoms with Gasteiger partial charge in [0.2, 0.25) is 0 Å². The molecule has 0 bridgehead atoms. The van der Waals surface area contributed by atoms with Gasteiger partial charge in [-0.2, -0.15) is 0 Å². The predicted octanol–water partition coefficient (Wildman–Crippen LogP) is 2.89. The number of nitrogens with zero attached hydrogens (tertiary/aromatic N) is 4. The molecule has 1 unspecified atom stereocenters. The van der Waals surface area contributed by atoms with Crippen molar-refractivity contribution in [3.05, 3.63) is 46.7 Å². The molecule has 6 heteroatoms. The quantitative estimate of drug-likeness (QED) is 0.731. The molecule has 2 aromatic heterocycles. The summed E-state index contributed by atoms with van der Waals surface area (Å²) >= 11 is 1.52. The van der Waals surface area contributed by atoms with Gasteiger partial charge in [-0.3, -0.25) is 4.79 Å². The Morgan fingerprint density at radius 3 is 3.05 bits per heavy atom.